The summed E-state index contributed by atoms with van der Waals surface area (Å²) < 4.78 is 0. The first-order valence-corrected chi connectivity index (χ1v) is 8.97. The molecular formula is C22H24N4O. The topological polar surface area (TPSA) is 58.1 Å². The summed E-state index contributed by atoms with van der Waals surface area (Å²) in [5.74, 6) is -0.0817. The Bertz CT molecular complexity index is 907. The van der Waals surface area contributed by atoms with Crippen molar-refractivity contribution in [1.29, 1.82) is 0 Å². The van der Waals surface area contributed by atoms with E-state index < -0.39 is 0 Å². The summed E-state index contributed by atoms with van der Waals surface area (Å²) in [6.07, 6.45) is 6.01. The molecule has 0 saturated heterocycles. The molecule has 138 valence electrons. The van der Waals surface area contributed by atoms with Gasteiger partial charge in [-0.3, -0.25) is 9.78 Å². The van der Waals surface area contributed by atoms with Gasteiger partial charge < -0.3 is 10.2 Å². The van der Waals surface area contributed by atoms with Gasteiger partial charge in [0, 0.05) is 31.7 Å². The lowest BCUT2D eigenvalue weighted by Crippen LogP contribution is -2.29. The van der Waals surface area contributed by atoms with E-state index in [4.69, 9.17) is 0 Å². The maximum absolute atomic E-state index is 12.5. The van der Waals surface area contributed by atoms with Crippen LogP contribution in [0.2, 0.25) is 0 Å². The summed E-state index contributed by atoms with van der Waals surface area (Å²) in [5.41, 5.74) is 5.95. The van der Waals surface area contributed by atoms with E-state index in [1.807, 2.05) is 24.3 Å². The van der Waals surface area contributed by atoms with Gasteiger partial charge in [-0.25, -0.2) is 4.98 Å². The standard InChI is InChI=1S/C22H24N4O/c1-16-4-5-19(14-17(16)2)25-20-6-7-21(24-15-20)22(27)26(3)13-10-18-8-11-23-12-9-18/h4-9,11-12,14-15,25H,10,13H2,1-3H3. The van der Waals surface area contributed by atoms with Crippen LogP contribution in [0.1, 0.15) is 27.2 Å². The molecule has 0 unspecified atom stereocenters. The number of pyridine rings is 2. The minimum Gasteiger partial charge on any atom is -0.354 e. The van der Waals surface area contributed by atoms with Gasteiger partial charge in [0.2, 0.25) is 0 Å². The highest BCUT2D eigenvalue weighted by Crippen LogP contribution is 2.19. The van der Waals surface area contributed by atoms with E-state index in [2.05, 4.69) is 41.3 Å². The third kappa shape index (κ3) is 4.91. The first-order chi connectivity index (χ1) is 13.0. The Morgan fingerprint density at radius 2 is 1.74 bits per heavy atom. The van der Waals surface area contributed by atoms with Crippen molar-refractivity contribution in [1.82, 2.24) is 14.9 Å². The first kappa shape index (κ1) is 18.6. The third-order valence-electron chi connectivity index (χ3n) is 4.61. The number of hydrogen-bond acceptors (Lipinski definition) is 4. The van der Waals surface area contributed by atoms with Gasteiger partial charge in [0.15, 0.2) is 0 Å². The van der Waals surface area contributed by atoms with Crippen LogP contribution < -0.4 is 5.32 Å². The van der Waals surface area contributed by atoms with Crippen molar-refractivity contribution in [2.45, 2.75) is 20.3 Å². The number of hydrogen-bond donors (Lipinski definition) is 1. The summed E-state index contributed by atoms with van der Waals surface area (Å²) in [6.45, 7) is 4.81. The highest BCUT2D eigenvalue weighted by Gasteiger charge is 2.13. The molecule has 5 nitrogen and oxygen atoms in total. The number of aryl methyl sites for hydroxylation is 2. The van der Waals surface area contributed by atoms with Gasteiger partial charge in [0.05, 0.1) is 11.9 Å². The minimum atomic E-state index is -0.0817. The highest BCUT2D eigenvalue weighted by molar-refractivity contribution is 5.92. The van der Waals surface area contributed by atoms with Crippen LogP contribution in [0.5, 0.6) is 0 Å². The van der Waals surface area contributed by atoms with Crippen LogP contribution in [0.25, 0.3) is 0 Å². The van der Waals surface area contributed by atoms with Crippen LogP contribution in [0.15, 0.2) is 61.1 Å². The van der Waals surface area contributed by atoms with E-state index in [9.17, 15) is 4.79 Å². The smallest absolute Gasteiger partial charge is 0.272 e. The summed E-state index contributed by atoms with van der Waals surface area (Å²) in [7, 11) is 1.80. The Morgan fingerprint density at radius 3 is 2.41 bits per heavy atom. The predicted octanol–water partition coefficient (Wildman–Crippen LogP) is 4.15. The lowest BCUT2D eigenvalue weighted by molar-refractivity contribution is 0.0791. The van der Waals surface area contributed by atoms with Crippen LogP contribution in [-0.2, 0) is 6.42 Å². The van der Waals surface area contributed by atoms with Crippen molar-refractivity contribution in [2.24, 2.45) is 0 Å². The molecule has 0 saturated carbocycles. The van der Waals surface area contributed by atoms with E-state index in [0.717, 1.165) is 23.4 Å². The molecule has 1 N–H and O–H groups in total. The molecule has 1 aromatic carbocycles. The SMILES string of the molecule is Cc1ccc(Nc2ccc(C(=O)N(C)CCc3ccncc3)nc2)cc1C. The fraction of sp³-hybridized carbons (Fsp3) is 0.227. The van der Waals surface area contributed by atoms with E-state index in [1.54, 1.807) is 36.6 Å². The van der Waals surface area contributed by atoms with Crippen molar-refractivity contribution in [3.63, 3.8) is 0 Å². The Balaban J connectivity index is 1.60. The summed E-state index contributed by atoms with van der Waals surface area (Å²) >= 11 is 0. The molecule has 0 aliphatic heterocycles. The van der Waals surface area contributed by atoms with E-state index >= 15 is 0 Å². The monoisotopic (exact) mass is 360 g/mol. The fourth-order valence-electron chi connectivity index (χ4n) is 2.72. The number of nitrogens with one attached hydrogen (secondary N) is 1. The van der Waals surface area contributed by atoms with Crippen molar-refractivity contribution in [2.75, 3.05) is 18.9 Å². The molecule has 27 heavy (non-hydrogen) atoms. The molecule has 0 radical (unpaired) electrons. The summed E-state index contributed by atoms with van der Waals surface area (Å²) in [6, 6.07) is 13.8. The van der Waals surface area contributed by atoms with E-state index in [1.165, 1.54) is 11.1 Å². The lowest BCUT2D eigenvalue weighted by atomic mass is 10.1. The molecule has 2 heterocycles. The van der Waals surface area contributed by atoms with Gasteiger partial charge in [-0.15, -0.1) is 0 Å². The number of anilines is 2. The number of likely N-dealkylation sites (N-methyl/N-ethyl adjacent to an activating group) is 1. The van der Waals surface area contributed by atoms with Gasteiger partial charge in [-0.05, 0) is 73.4 Å². The predicted molar refractivity (Wildman–Crippen MR) is 108 cm³/mol. The van der Waals surface area contributed by atoms with Crippen molar-refractivity contribution in [3.05, 3.63) is 83.4 Å². The molecule has 0 spiro atoms. The van der Waals surface area contributed by atoms with E-state index in [-0.39, 0.29) is 5.91 Å². The van der Waals surface area contributed by atoms with Gasteiger partial charge in [-0.1, -0.05) is 6.07 Å². The molecule has 0 fully saturated rings. The molecular weight excluding hydrogens is 336 g/mol. The summed E-state index contributed by atoms with van der Waals surface area (Å²) in [5, 5.41) is 3.32. The molecule has 1 amide bonds. The van der Waals surface area contributed by atoms with Gasteiger partial charge in [0.25, 0.3) is 5.91 Å². The lowest BCUT2D eigenvalue weighted by Gasteiger charge is -2.17. The molecule has 3 aromatic rings. The van der Waals surface area contributed by atoms with Gasteiger partial charge in [0.1, 0.15) is 5.69 Å². The molecule has 0 aliphatic rings. The second-order valence-electron chi connectivity index (χ2n) is 6.69. The number of carbonyl (C=O) groups is 1. The zero-order valence-corrected chi connectivity index (χ0v) is 15.9. The number of amides is 1. The molecule has 0 atom stereocenters. The van der Waals surface area contributed by atoms with Crippen molar-refractivity contribution >= 4 is 17.3 Å². The Morgan fingerprint density at radius 1 is 1.00 bits per heavy atom. The van der Waals surface area contributed by atoms with Gasteiger partial charge in [-0.2, -0.15) is 0 Å². The Hall–Kier alpha value is -3.21. The van der Waals surface area contributed by atoms with Crippen LogP contribution in [-0.4, -0.2) is 34.4 Å². The number of rotatable bonds is 6. The minimum absolute atomic E-state index is 0.0817. The maximum Gasteiger partial charge on any atom is 0.272 e. The van der Waals surface area contributed by atoms with Crippen LogP contribution in [0, 0.1) is 13.8 Å². The van der Waals surface area contributed by atoms with Gasteiger partial charge >= 0.3 is 0 Å². The molecule has 2 aromatic heterocycles. The zero-order valence-electron chi connectivity index (χ0n) is 15.9. The van der Waals surface area contributed by atoms with Crippen LogP contribution >= 0.6 is 0 Å². The second kappa shape index (κ2) is 8.45. The number of nitrogens with zero attached hydrogens (tertiary/aromatic N) is 3. The summed E-state index contributed by atoms with van der Waals surface area (Å²) in [4.78, 5) is 22.6. The Kier molecular flexibility index (Phi) is 5.81. The number of carbonyl (C=O) groups excluding carboxylic acids is 1. The van der Waals surface area contributed by atoms with Crippen LogP contribution in [0.3, 0.4) is 0 Å². The van der Waals surface area contributed by atoms with Crippen molar-refractivity contribution < 1.29 is 4.79 Å². The quantitative estimate of drug-likeness (QED) is 0.717. The molecule has 3 rings (SSSR count). The molecule has 0 aliphatic carbocycles. The normalized spacial score (nSPS) is 10.5. The van der Waals surface area contributed by atoms with E-state index in [0.29, 0.717) is 12.2 Å². The third-order valence-corrected chi connectivity index (χ3v) is 4.61. The fourth-order valence-corrected chi connectivity index (χ4v) is 2.72. The maximum atomic E-state index is 12.5. The zero-order chi connectivity index (χ0) is 19.2. The Labute approximate surface area is 160 Å². The number of aromatic nitrogens is 2. The van der Waals surface area contributed by atoms with Crippen molar-refractivity contribution in [3.8, 4) is 0 Å². The molecule has 0 bridgehead atoms. The average molecular weight is 360 g/mol. The van der Waals surface area contributed by atoms with Crippen LogP contribution in [0.4, 0.5) is 11.4 Å². The average Bonchev–Trinajstić information content (AvgIpc) is 2.70. The largest absolute Gasteiger partial charge is 0.354 e. The second-order valence-corrected chi connectivity index (χ2v) is 6.69. The first-order valence-electron chi connectivity index (χ1n) is 8.97. The molecule has 5 heteroatoms. The highest BCUT2D eigenvalue weighted by atomic mass is 16.2. The number of benzene rings is 1.